The predicted octanol–water partition coefficient (Wildman–Crippen LogP) is 3.31. The van der Waals surface area contributed by atoms with Gasteiger partial charge in [0.15, 0.2) is 5.96 Å². The molecular weight excluding hydrogens is 413 g/mol. The Morgan fingerprint density at radius 1 is 1.21 bits per heavy atom. The standard InChI is InChI=1S/C18H23N5.HI/c1-14-6-5-9-23(13-14)18(19)22-12-17-20-10-16(11-21-17)15-7-3-2-4-8-15;/h2-4,7-8,10-11,14H,5-6,9,12-13H2,1H3,(H2,19,22);1H. The highest BCUT2D eigenvalue weighted by molar-refractivity contribution is 14.0. The number of nitrogens with zero attached hydrogens (tertiary/aromatic N) is 4. The van der Waals surface area contributed by atoms with E-state index in [9.17, 15) is 0 Å². The minimum atomic E-state index is 0. The predicted molar refractivity (Wildman–Crippen MR) is 108 cm³/mol. The van der Waals surface area contributed by atoms with Gasteiger partial charge in [0.2, 0.25) is 0 Å². The van der Waals surface area contributed by atoms with E-state index >= 15 is 0 Å². The van der Waals surface area contributed by atoms with Gasteiger partial charge in [-0.15, -0.1) is 24.0 Å². The summed E-state index contributed by atoms with van der Waals surface area (Å²) < 4.78 is 0. The zero-order valence-corrected chi connectivity index (χ0v) is 16.3. The van der Waals surface area contributed by atoms with Gasteiger partial charge in [0, 0.05) is 31.0 Å². The van der Waals surface area contributed by atoms with E-state index < -0.39 is 0 Å². The normalized spacial score (nSPS) is 18.1. The quantitative estimate of drug-likeness (QED) is 0.455. The second kappa shape index (κ2) is 8.96. The third-order valence-electron chi connectivity index (χ3n) is 4.18. The molecule has 5 nitrogen and oxygen atoms in total. The van der Waals surface area contributed by atoms with Crippen LogP contribution in [0.25, 0.3) is 11.1 Å². The Kier molecular flexibility index (Phi) is 6.96. The first-order valence-electron chi connectivity index (χ1n) is 8.13. The van der Waals surface area contributed by atoms with Gasteiger partial charge in [-0.2, -0.15) is 0 Å². The van der Waals surface area contributed by atoms with Crippen molar-refractivity contribution in [3.8, 4) is 11.1 Å². The summed E-state index contributed by atoms with van der Waals surface area (Å²) in [7, 11) is 0. The molecule has 0 bridgehead atoms. The molecular formula is C18H24IN5. The lowest BCUT2D eigenvalue weighted by Crippen LogP contribution is -2.43. The molecule has 2 aromatic rings. The van der Waals surface area contributed by atoms with Crippen LogP contribution in [0.4, 0.5) is 0 Å². The van der Waals surface area contributed by atoms with Gasteiger partial charge in [-0.3, -0.25) is 0 Å². The highest BCUT2D eigenvalue weighted by atomic mass is 127. The third kappa shape index (κ3) is 4.90. The fraction of sp³-hybridized carbons (Fsp3) is 0.389. The van der Waals surface area contributed by atoms with Crippen molar-refractivity contribution in [1.82, 2.24) is 14.9 Å². The molecule has 1 unspecified atom stereocenters. The molecule has 0 aliphatic carbocycles. The maximum atomic E-state index is 6.10. The number of benzene rings is 1. The van der Waals surface area contributed by atoms with Crippen LogP contribution < -0.4 is 5.73 Å². The SMILES string of the molecule is CC1CCCN(C(N)=NCc2ncc(-c3ccccc3)cn2)C1.I. The van der Waals surface area contributed by atoms with Crippen LogP contribution in [0.1, 0.15) is 25.6 Å². The third-order valence-corrected chi connectivity index (χ3v) is 4.18. The first kappa shape index (κ1) is 18.6. The molecule has 1 aromatic heterocycles. The lowest BCUT2D eigenvalue weighted by molar-refractivity contribution is 0.270. The molecule has 0 spiro atoms. The Morgan fingerprint density at radius 2 is 1.92 bits per heavy atom. The number of hydrogen-bond donors (Lipinski definition) is 1. The molecule has 2 heterocycles. The number of aliphatic imine (C=N–C) groups is 1. The van der Waals surface area contributed by atoms with Crippen LogP contribution >= 0.6 is 24.0 Å². The zero-order valence-electron chi connectivity index (χ0n) is 13.9. The van der Waals surface area contributed by atoms with Crippen molar-refractivity contribution in [2.45, 2.75) is 26.3 Å². The van der Waals surface area contributed by atoms with Gasteiger partial charge in [-0.25, -0.2) is 15.0 Å². The summed E-state index contributed by atoms with van der Waals surface area (Å²) in [6.07, 6.45) is 6.13. The second-order valence-electron chi connectivity index (χ2n) is 6.12. The summed E-state index contributed by atoms with van der Waals surface area (Å²) in [5, 5.41) is 0. The minimum absolute atomic E-state index is 0. The number of guanidine groups is 1. The fourth-order valence-corrected chi connectivity index (χ4v) is 2.87. The summed E-state index contributed by atoms with van der Waals surface area (Å²) in [6, 6.07) is 10.1. The van der Waals surface area contributed by atoms with Crippen molar-refractivity contribution in [3.63, 3.8) is 0 Å². The molecule has 0 radical (unpaired) electrons. The van der Waals surface area contributed by atoms with Crippen molar-refractivity contribution in [1.29, 1.82) is 0 Å². The van der Waals surface area contributed by atoms with Crippen LogP contribution in [-0.2, 0) is 6.54 Å². The molecule has 128 valence electrons. The maximum absolute atomic E-state index is 6.10. The zero-order chi connectivity index (χ0) is 16.1. The van der Waals surface area contributed by atoms with Crippen molar-refractivity contribution in [2.75, 3.05) is 13.1 Å². The van der Waals surface area contributed by atoms with Crippen molar-refractivity contribution in [3.05, 3.63) is 48.5 Å². The number of piperidine rings is 1. The molecule has 1 aliphatic heterocycles. The van der Waals surface area contributed by atoms with Crippen LogP contribution in [0.5, 0.6) is 0 Å². The minimum Gasteiger partial charge on any atom is -0.370 e. The first-order chi connectivity index (χ1) is 11.2. The van der Waals surface area contributed by atoms with E-state index in [4.69, 9.17) is 5.73 Å². The highest BCUT2D eigenvalue weighted by Gasteiger charge is 2.17. The maximum Gasteiger partial charge on any atom is 0.191 e. The molecule has 1 aromatic carbocycles. The number of nitrogens with two attached hydrogens (primary N) is 1. The van der Waals surface area contributed by atoms with Crippen LogP contribution in [0.3, 0.4) is 0 Å². The summed E-state index contributed by atoms with van der Waals surface area (Å²) in [5.41, 5.74) is 8.23. The summed E-state index contributed by atoms with van der Waals surface area (Å²) in [6.45, 7) is 4.66. The van der Waals surface area contributed by atoms with Crippen LogP contribution in [0, 0.1) is 5.92 Å². The molecule has 24 heavy (non-hydrogen) atoms. The summed E-state index contributed by atoms with van der Waals surface area (Å²) in [4.78, 5) is 15.4. The Balaban J connectivity index is 0.00000208. The Morgan fingerprint density at radius 3 is 2.58 bits per heavy atom. The van der Waals surface area contributed by atoms with E-state index in [1.165, 1.54) is 12.8 Å². The molecule has 1 fully saturated rings. The van der Waals surface area contributed by atoms with Gasteiger partial charge in [0.05, 0.1) is 0 Å². The lowest BCUT2D eigenvalue weighted by atomic mass is 10.0. The summed E-state index contributed by atoms with van der Waals surface area (Å²) in [5.74, 6) is 1.98. The summed E-state index contributed by atoms with van der Waals surface area (Å²) >= 11 is 0. The molecule has 2 N–H and O–H groups in total. The molecule has 0 saturated carbocycles. The van der Waals surface area contributed by atoms with Crippen molar-refractivity contribution < 1.29 is 0 Å². The van der Waals surface area contributed by atoms with Gasteiger partial charge in [0.25, 0.3) is 0 Å². The van der Waals surface area contributed by atoms with Crippen LogP contribution in [-0.4, -0.2) is 33.9 Å². The lowest BCUT2D eigenvalue weighted by Gasteiger charge is -2.31. The van der Waals surface area contributed by atoms with Gasteiger partial charge >= 0.3 is 0 Å². The topological polar surface area (TPSA) is 67.4 Å². The molecule has 6 heteroatoms. The largest absolute Gasteiger partial charge is 0.370 e. The van der Waals surface area contributed by atoms with Gasteiger partial charge in [0.1, 0.15) is 12.4 Å². The monoisotopic (exact) mass is 437 g/mol. The van der Waals surface area contributed by atoms with E-state index in [1.807, 2.05) is 42.7 Å². The average molecular weight is 437 g/mol. The first-order valence-corrected chi connectivity index (χ1v) is 8.13. The number of halogens is 1. The molecule has 1 atom stereocenters. The van der Waals surface area contributed by atoms with E-state index in [1.54, 1.807) is 0 Å². The van der Waals surface area contributed by atoms with Crippen molar-refractivity contribution >= 4 is 29.9 Å². The number of rotatable bonds is 3. The van der Waals surface area contributed by atoms with E-state index in [0.717, 1.165) is 24.2 Å². The molecule has 1 saturated heterocycles. The number of hydrogen-bond acceptors (Lipinski definition) is 3. The smallest absolute Gasteiger partial charge is 0.191 e. The molecule has 1 aliphatic rings. The van der Waals surface area contributed by atoms with Crippen LogP contribution in [0.2, 0.25) is 0 Å². The number of aromatic nitrogens is 2. The second-order valence-corrected chi connectivity index (χ2v) is 6.12. The fourth-order valence-electron chi connectivity index (χ4n) is 2.87. The van der Waals surface area contributed by atoms with E-state index in [-0.39, 0.29) is 24.0 Å². The molecule has 3 rings (SSSR count). The van der Waals surface area contributed by atoms with Gasteiger partial charge in [-0.1, -0.05) is 37.3 Å². The molecule has 0 amide bonds. The van der Waals surface area contributed by atoms with E-state index in [0.29, 0.717) is 24.2 Å². The van der Waals surface area contributed by atoms with Crippen molar-refractivity contribution in [2.24, 2.45) is 16.6 Å². The van der Waals surface area contributed by atoms with Gasteiger partial charge in [-0.05, 0) is 24.3 Å². The Labute approximate surface area is 160 Å². The van der Waals surface area contributed by atoms with Gasteiger partial charge < -0.3 is 10.6 Å². The van der Waals surface area contributed by atoms with Crippen LogP contribution in [0.15, 0.2) is 47.7 Å². The van der Waals surface area contributed by atoms with E-state index in [2.05, 4.69) is 26.8 Å². The number of likely N-dealkylation sites (tertiary alicyclic amines) is 1. The average Bonchev–Trinajstić information content (AvgIpc) is 2.61. The Hall–Kier alpha value is -1.70. The Bertz CT molecular complexity index is 657. The highest BCUT2D eigenvalue weighted by Crippen LogP contribution is 2.17.